The fourth-order valence-corrected chi connectivity index (χ4v) is 7.30. The molecule has 0 fully saturated rings. The molecule has 7 aromatic rings. The molecule has 0 amide bonds. The molecule has 0 bridgehead atoms. The van der Waals surface area contributed by atoms with Crippen LogP contribution in [0.3, 0.4) is 0 Å². The quantitative estimate of drug-likeness (QED) is 0.163. The molecule has 0 saturated heterocycles. The third-order valence-electron chi connectivity index (χ3n) is 7.60. The maximum atomic E-state index is 14.0. The van der Waals surface area contributed by atoms with Crippen LogP contribution in [0.5, 0.6) is 0 Å². The number of rotatable bonds is 0. The van der Waals surface area contributed by atoms with E-state index in [0.717, 1.165) is 49.4 Å². The molecule has 0 aliphatic carbocycles. The largest absolute Gasteiger partial charge is 0.304 e. The normalized spacial score (nSPS) is 12.6. The lowest BCUT2D eigenvalue weighted by molar-refractivity contribution is 1.07. The van der Waals surface area contributed by atoms with Gasteiger partial charge in [0.05, 0.1) is 53.7 Å². The van der Waals surface area contributed by atoms with E-state index in [2.05, 4.69) is 93.9 Å². The Hall–Kier alpha value is -4.61. The van der Waals surface area contributed by atoms with Crippen molar-refractivity contribution >= 4 is 75.5 Å². The van der Waals surface area contributed by atoms with Crippen molar-refractivity contribution in [2.75, 3.05) is 0 Å². The van der Waals surface area contributed by atoms with Gasteiger partial charge in [-0.1, -0.05) is 54.6 Å². The van der Waals surface area contributed by atoms with Crippen LogP contribution < -0.4 is 5.56 Å². The lowest BCUT2D eigenvalue weighted by Crippen LogP contribution is -2.20. The number of fused-ring (bicyclic) bond motifs is 8. The fraction of sp³-hybridized carbons (Fsp3) is 0. The summed E-state index contributed by atoms with van der Waals surface area (Å²) in [5.41, 5.74) is 8.56. The maximum absolute atomic E-state index is 14.0. The van der Waals surface area contributed by atoms with Gasteiger partial charge in [-0.15, -0.1) is 11.3 Å². The van der Waals surface area contributed by atoms with Crippen LogP contribution in [-0.2, 0) is 0 Å². The van der Waals surface area contributed by atoms with Crippen molar-refractivity contribution in [2.24, 2.45) is 0 Å². The zero-order valence-electron chi connectivity index (χ0n) is 19.0. The number of aromatic nitrogens is 3. The average molecular weight is 480 g/mol. The monoisotopic (exact) mass is 479 g/mol. The Kier molecular flexibility index (Phi) is 3.29. The predicted molar refractivity (Wildman–Crippen MR) is 151 cm³/mol. The molecule has 0 spiro atoms. The molecule has 9 rings (SSSR count). The summed E-state index contributed by atoms with van der Waals surface area (Å²) >= 11 is 1.82. The van der Waals surface area contributed by atoms with Crippen molar-refractivity contribution in [1.82, 2.24) is 13.4 Å². The molecule has 0 unspecified atom stereocenters. The smallest absolute Gasteiger partial charge is 0.263 e. The minimum absolute atomic E-state index is 0.0211. The number of nitrogens with zero attached hydrogens (tertiary/aromatic N) is 3. The summed E-state index contributed by atoms with van der Waals surface area (Å²) in [5.74, 6) is 0. The molecule has 5 heteroatoms. The van der Waals surface area contributed by atoms with Crippen LogP contribution in [0.4, 0.5) is 0 Å². The number of hydrogen-bond donors (Lipinski definition) is 0. The first-order valence-electron chi connectivity index (χ1n) is 12.0. The highest BCUT2D eigenvalue weighted by molar-refractivity contribution is 7.24. The second-order valence-electron chi connectivity index (χ2n) is 9.37. The van der Waals surface area contributed by atoms with Crippen molar-refractivity contribution in [2.45, 2.75) is 0 Å². The number of hydrogen-bond acceptors (Lipinski definition) is 2. The topological polar surface area (TPSA) is 30.8 Å². The lowest BCUT2D eigenvalue weighted by atomic mass is 10.0. The molecule has 168 valence electrons. The van der Waals surface area contributed by atoms with Crippen LogP contribution >= 0.6 is 11.3 Å². The molecule has 5 aromatic carbocycles. The van der Waals surface area contributed by atoms with Gasteiger partial charge in [-0.25, -0.2) is 0 Å². The molecule has 0 saturated carbocycles. The van der Waals surface area contributed by atoms with Crippen LogP contribution in [0.25, 0.3) is 69.9 Å². The number of para-hydroxylation sites is 4. The fourth-order valence-electron chi connectivity index (χ4n) is 6.22. The van der Waals surface area contributed by atoms with Crippen molar-refractivity contribution in [3.05, 3.63) is 113 Å². The zero-order chi connectivity index (χ0) is 23.5. The van der Waals surface area contributed by atoms with E-state index in [-0.39, 0.29) is 5.56 Å². The first-order chi connectivity index (χ1) is 17.8. The highest BCUT2D eigenvalue weighted by Crippen LogP contribution is 2.41. The number of pyridine rings is 1. The summed E-state index contributed by atoms with van der Waals surface area (Å²) in [6.07, 6.45) is 0. The summed E-state index contributed by atoms with van der Waals surface area (Å²) in [7, 11) is 0. The average Bonchev–Trinajstić information content (AvgIpc) is 2.93. The SMILES string of the molecule is O=c1c2ccccc2c2cccc3c2n1c1cccc2c1-n3c1cccc3sc4ccccc4n2c31. The Morgan fingerprint density at radius 1 is 0.472 bits per heavy atom. The van der Waals surface area contributed by atoms with Crippen molar-refractivity contribution < 1.29 is 0 Å². The highest BCUT2D eigenvalue weighted by Gasteiger charge is 2.24. The highest BCUT2D eigenvalue weighted by atomic mass is 32.1. The van der Waals surface area contributed by atoms with Crippen molar-refractivity contribution in [3.63, 3.8) is 0 Å². The van der Waals surface area contributed by atoms with Gasteiger partial charge in [0.15, 0.2) is 0 Å². The van der Waals surface area contributed by atoms with E-state index in [1.54, 1.807) is 0 Å². The van der Waals surface area contributed by atoms with Gasteiger partial charge in [0.2, 0.25) is 0 Å². The Morgan fingerprint density at radius 3 is 1.94 bits per heavy atom. The van der Waals surface area contributed by atoms with Crippen molar-refractivity contribution in [1.29, 1.82) is 0 Å². The van der Waals surface area contributed by atoms with E-state index in [0.29, 0.717) is 0 Å². The summed E-state index contributed by atoms with van der Waals surface area (Å²) < 4.78 is 9.14. The molecule has 2 aromatic heterocycles. The van der Waals surface area contributed by atoms with Crippen LogP contribution in [0, 0.1) is 0 Å². The van der Waals surface area contributed by atoms with Crippen molar-refractivity contribution in [3.8, 4) is 5.69 Å². The van der Waals surface area contributed by atoms with Crippen LogP contribution in [0.1, 0.15) is 0 Å². The minimum atomic E-state index is 0.0211. The predicted octanol–water partition coefficient (Wildman–Crippen LogP) is 7.61. The second kappa shape index (κ2) is 6.33. The van der Waals surface area contributed by atoms with E-state index in [9.17, 15) is 4.79 Å². The maximum Gasteiger partial charge on any atom is 0.263 e. The Labute approximate surface area is 207 Å². The molecule has 36 heavy (non-hydrogen) atoms. The molecular formula is C31H17N3OS. The molecule has 0 N–H and O–H groups in total. The summed E-state index contributed by atoms with van der Waals surface area (Å²) in [6.45, 7) is 0. The van der Waals surface area contributed by atoms with Gasteiger partial charge in [0.1, 0.15) is 0 Å². The van der Waals surface area contributed by atoms with Gasteiger partial charge < -0.3 is 8.97 Å². The molecule has 4 heterocycles. The summed E-state index contributed by atoms with van der Waals surface area (Å²) in [5, 5.41) is 2.82. The summed E-state index contributed by atoms with van der Waals surface area (Å²) in [4.78, 5) is 14.0. The second-order valence-corrected chi connectivity index (χ2v) is 10.5. The Balaban J connectivity index is 1.74. The van der Waals surface area contributed by atoms with Crippen LogP contribution in [0.15, 0.2) is 108 Å². The molecular weight excluding hydrogens is 462 g/mol. The van der Waals surface area contributed by atoms with Gasteiger partial charge in [-0.05, 0) is 53.9 Å². The minimum Gasteiger partial charge on any atom is -0.304 e. The van der Waals surface area contributed by atoms with Crippen LogP contribution in [-0.4, -0.2) is 13.4 Å². The third-order valence-corrected chi connectivity index (χ3v) is 8.71. The zero-order valence-corrected chi connectivity index (χ0v) is 19.8. The molecule has 2 aliphatic heterocycles. The van der Waals surface area contributed by atoms with E-state index in [1.807, 2.05) is 33.9 Å². The number of benzene rings is 5. The van der Waals surface area contributed by atoms with Gasteiger partial charge >= 0.3 is 0 Å². The molecule has 0 atom stereocenters. The first-order valence-corrected chi connectivity index (χ1v) is 12.8. The van der Waals surface area contributed by atoms with Gasteiger partial charge in [0.25, 0.3) is 5.56 Å². The van der Waals surface area contributed by atoms with E-state index in [4.69, 9.17) is 0 Å². The van der Waals surface area contributed by atoms with E-state index < -0.39 is 0 Å². The Bertz CT molecular complexity index is 2400. The molecule has 0 radical (unpaired) electrons. The van der Waals surface area contributed by atoms with E-state index in [1.165, 1.54) is 20.4 Å². The van der Waals surface area contributed by atoms with E-state index >= 15 is 0 Å². The molecule has 2 aliphatic rings. The summed E-state index contributed by atoms with van der Waals surface area (Å²) in [6, 6.07) is 35.8. The Morgan fingerprint density at radius 2 is 1.06 bits per heavy atom. The van der Waals surface area contributed by atoms with Crippen LogP contribution in [0.2, 0.25) is 0 Å². The third kappa shape index (κ3) is 2.05. The van der Waals surface area contributed by atoms with Gasteiger partial charge in [0, 0.05) is 10.8 Å². The van der Waals surface area contributed by atoms with Gasteiger partial charge in [-0.2, -0.15) is 0 Å². The lowest BCUT2D eigenvalue weighted by Gasteiger charge is -2.26. The first kappa shape index (κ1) is 18.7. The molecule has 4 nitrogen and oxygen atoms in total. The van der Waals surface area contributed by atoms with Gasteiger partial charge in [-0.3, -0.25) is 9.20 Å². The standard InChI is InChI=1S/C31H17N3OS/c35-31-20-9-2-1-8-18(20)19-10-5-12-22-28(19)34(31)24-14-6-13-23-29(24)33(22)25-15-7-17-27-30(25)32(23)21-11-3-4-16-26(21)36-27/h1-17H.